The van der Waals surface area contributed by atoms with Gasteiger partial charge >= 0.3 is 6.03 Å². The molecule has 0 heterocycles. The van der Waals surface area contributed by atoms with Crippen molar-refractivity contribution >= 4 is 6.03 Å². The average Bonchev–Trinajstić information content (AvgIpc) is 2.41. The van der Waals surface area contributed by atoms with Crippen LogP contribution in [0, 0.1) is 11.7 Å². The summed E-state index contributed by atoms with van der Waals surface area (Å²) in [6.45, 7) is 2.72. The van der Waals surface area contributed by atoms with Gasteiger partial charge in [-0.25, -0.2) is 9.18 Å². The average molecular weight is 278 g/mol. The van der Waals surface area contributed by atoms with E-state index >= 15 is 0 Å². The fourth-order valence-corrected chi connectivity index (χ4v) is 2.76. The highest BCUT2D eigenvalue weighted by molar-refractivity contribution is 5.74. The van der Waals surface area contributed by atoms with Crippen LogP contribution in [0.1, 0.15) is 38.2 Å². The Balaban J connectivity index is 1.70. The number of hydrogen-bond acceptors (Lipinski definition) is 1. The largest absolute Gasteiger partial charge is 0.338 e. The zero-order chi connectivity index (χ0) is 14.4. The van der Waals surface area contributed by atoms with Crippen molar-refractivity contribution in [2.24, 2.45) is 5.92 Å². The molecule has 1 aromatic carbocycles. The van der Waals surface area contributed by atoms with Crippen LogP contribution in [0.3, 0.4) is 0 Å². The second-order valence-electron chi connectivity index (χ2n) is 5.65. The summed E-state index contributed by atoms with van der Waals surface area (Å²) < 4.78 is 13.0. The summed E-state index contributed by atoms with van der Waals surface area (Å²) in [6.07, 6.45) is 5.36. The number of nitrogens with one attached hydrogen (secondary N) is 2. The van der Waals surface area contributed by atoms with Gasteiger partial charge in [-0.3, -0.25) is 0 Å². The van der Waals surface area contributed by atoms with E-state index in [4.69, 9.17) is 0 Å². The lowest BCUT2D eigenvalue weighted by atomic mass is 9.86. The second-order valence-corrected chi connectivity index (χ2v) is 5.65. The van der Waals surface area contributed by atoms with E-state index in [1.54, 1.807) is 6.07 Å². The molecular weight excluding hydrogens is 255 g/mol. The van der Waals surface area contributed by atoms with E-state index < -0.39 is 0 Å². The third-order valence-electron chi connectivity index (χ3n) is 4.02. The van der Waals surface area contributed by atoms with Crippen LogP contribution in [-0.2, 0) is 6.42 Å². The van der Waals surface area contributed by atoms with Crippen LogP contribution in [0.5, 0.6) is 0 Å². The molecule has 0 saturated heterocycles. The highest BCUT2D eigenvalue weighted by Gasteiger charge is 2.22. The number of hydrogen-bond donors (Lipinski definition) is 2. The second kappa shape index (κ2) is 7.27. The van der Waals surface area contributed by atoms with Crippen molar-refractivity contribution in [1.29, 1.82) is 0 Å². The van der Waals surface area contributed by atoms with Gasteiger partial charge in [-0.15, -0.1) is 0 Å². The van der Waals surface area contributed by atoms with Crippen molar-refractivity contribution in [3.8, 4) is 0 Å². The van der Waals surface area contributed by atoms with Crippen LogP contribution >= 0.6 is 0 Å². The van der Waals surface area contributed by atoms with Gasteiger partial charge in [0, 0.05) is 12.6 Å². The van der Waals surface area contributed by atoms with E-state index in [2.05, 4.69) is 17.6 Å². The molecule has 0 spiro atoms. The molecule has 0 radical (unpaired) electrons. The molecule has 4 heteroatoms. The molecule has 0 aliphatic heterocycles. The van der Waals surface area contributed by atoms with Gasteiger partial charge in [0.2, 0.25) is 0 Å². The van der Waals surface area contributed by atoms with E-state index in [1.165, 1.54) is 31.4 Å². The first-order valence-electron chi connectivity index (χ1n) is 7.44. The molecule has 1 aliphatic carbocycles. The van der Waals surface area contributed by atoms with Crippen LogP contribution in [-0.4, -0.2) is 18.6 Å². The predicted octanol–water partition coefficient (Wildman–Crippen LogP) is 3.25. The lowest BCUT2D eigenvalue weighted by Crippen LogP contribution is -2.46. The van der Waals surface area contributed by atoms with Crippen molar-refractivity contribution in [2.75, 3.05) is 6.54 Å². The van der Waals surface area contributed by atoms with Crippen molar-refractivity contribution in [1.82, 2.24) is 10.6 Å². The maximum absolute atomic E-state index is 13.0. The number of carbonyl (C=O) groups is 1. The van der Waals surface area contributed by atoms with Crippen molar-refractivity contribution in [3.63, 3.8) is 0 Å². The Labute approximate surface area is 120 Å². The van der Waals surface area contributed by atoms with Crippen LogP contribution < -0.4 is 10.6 Å². The number of rotatable bonds is 4. The minimum absolute atomic E-state index is 0.111. The zero-order valence-electron chi connectivity index (χ0n) is 12.0. The van der Waals surface area contributed by atoms with Gasteiger partial charge in [0.25, 0.3) is 0 Å². The fourth-order valence-electron chi connectivity index (χ4n) is 2.76. The molecule has 1 aromatic rings. The number of amides is 2. The van der Waals surface area contributed by atoms with Crippen LogP contribution in [0.2, 0.25) is 0 Å². The van der Waals surface area contributed by atoms with Crippen LogP contribution in [0.4, 0.5) is 9.18 Å². The Bertz CT molecular complexity index is 450. The molecule has 2 rings (SSSR count). The predicted molar refractivity (Wildman–Crippen MR) is 78.1 cm³/mol. The van der Waals surface area contributed by atoms with Gasteiger partial charge < -0.3 is 10.6 Å². The van der Waals surface area contributed by atoms with E-state index in [1.807, 2.05) is 6.07 Å². The summed E-state index contributed by atoms with van der Waals surface area (Å²) >= 11 is 0. The Morgan fingerprint density at radius 3 is 2.90 bits per heavy atom. The SMILES string of the molecule is C[C@@H]1CCCC[C@@H]1NC(=O)NCCc1cccc(F)c1. The lowest BCUT2D eigenvalue weighted by Gasteiger charge is -2.29. The van der Waals surface area contributed by atoms with Crippen molar-refractivity contribution in [2.45, 2.75) is 45.1 Å². The molecule has 2 amide bonds. The first-order chi connectivity index (χ1) is 9.65. The topological polar surface area (TPSA) is 41.1 Å². The maximum Gasteiger partial charge on any atom is 0.315 e. The van der Waals surface area contributed by atoms with Gasteiger partial charge in [0.1, 0.15) is 5.82 Å². The smallest absolute Gasteiger partial charge is 0.315 e. The van der Waals surface area contributed by atoms with Gasteiger partial charge in [0.05, 0.1) is 0 Å². The van der Waals surface area contributed by atoms with E-state index in [9.17, 15) is 9.18 Å². The summed E-state index contributed by atoms with van der Waals surface area (Å²) in [4.78, 5) is 11.8. The Hall–Kier alpha value is -1.58. The quantitative estimate of drug-likeness (QED) is 0.872. The number of urea groups is 1. The van der Waals surface area contributed by atoms with Crippen molar-refractivity contribution < 1.29 is 9.18 Å². The zero-order valence-corrected chi connectivity index (χ0v) is 12.0. The number of halogens is 1. The fraction of sp³-hybridized carbons (Fsp3) is 0.562. The molecule has 0 aromatic heterocycles. The molecule has 3 nitrogen and oxygen atoms in total. The van der Waals surface area contributed by atoms with Gasteiger partial charge in [-0.05, 0) is 42.9 Å². The molecule has 110 valence electrons. The lowest BCUT2D eigenvalue weighted by molar-refractivity contribution is 0.222. The van der Waals surface area contributed by atoms with E-state index in [-0.39, 0.29) is 17.9 Å². The summed E-state index contributed by atoms with van der Waals surface area (Å²) in [6, 6.07) is 6.66. The molecular formula is C16H23FN2O. The molecule has 0 bridgehead atoms. The molecule has 2 atom stereocenters. The summed E-state index contributed by atoms with van der Waals surface area (Å²) in [5.41, 5.74) is 0.899. The molecule has 0 unspecified atom stereocenters. The molecule has 2 N–H and O–H groups in total. The van der Waals surface area contributed by atoms with Crippen LogP contribution in [0.15, 0.2) is 24.3 Å². The molecule has 1 fully saturated rings. The third-order valence-corrected chi connectivity index (χ3v) is 4.02. The Morgan fingerprint density at radius 1 is 1.35 bits per heavy atom. The highest BCUT2D eigenvalue weighted by Crippen LogP contribution is 2.23. The molecule has 1 aliphatic rings. The van der Waals surface area contributed by atoms with E-state index in [0.29, 0.717) is 18.9 Å². The van der Waals surface area contributed by atoms with Gasteiger partial charge in [-0.2, -0.15) is 0 Å². The normalized spacial score (nSPS) is 22.3. The summed E-state index contributed by atoms with van der Waals surface area (Å²) in [5, 5.41) is 5.89. The first kappa shape index (κ1) is 14.8. The van der Waals surface area contributed by atoms with Crippen LogP contribution in [0.25, 0.3) is 0 Å². The standard InChI is InChI=1S/C16H23FN2O/c1-12-5-2-3-8-15(12)19-16(20)18-10-9-13-6-4-7-14(17)11-13/h4,6-7,11-12,15H,2-3,5,8-10H2,1H3,(H2,18,19,20)/t12-,15+/m1/s1. The first-order valence-corrected chi connectivity index (χ1v) is 7.44. The monoisotopic (exact) mass is 278 g/mol. The third kappa shape index (κ3) is 4.51. The molecule has 1 saturated carbocycles. The Kier molecular flexibility index (Phi) is 5.39. The van der Waals surface area contributed by atoms with Gasteiger partial charge in [-0.1, -0.05) is 31.9 Å². The summed E-state index contributed by atoms with van der Waals surface area (Å²) in [7, 11) is 0. The van der Waals surface area contributed by atoms with E-state index in [0.717, 1.165) is 12.0 Å². The highest BCUT2D eigenvalue weighted by atomic mass is 19.1. The van der Waals surface area contributed by atoms with Gasteiger partial charge in [0.15, 0.2) is 0 Å². The minimum atomic E-state index is -0.233. The number of carbonyl (C=O) groups excluding carboxylic acids is 1. The maximum atomic E-state index is 13.0. The Morgan fingerprint density at radius 2 is 2.15 bits per heavy atom. The molecule has 20 heavy (non-hydrogen) atoms. The summed E-state index contributed by atoms with van der Waals surface area (Å²) in [5.74, 6) is 0.320. The minimum Gasteiger partial charge on any atom is -0.338 e. The number of benzene rings is 1. The van der Waals surface area contributed by atoms with Crippen molar-refractivity contribution in [3.05, 3.63) is 35.6 Å².